The maximum atomic E-state index is 11.0. The summed E-state index contributed by atoms with van der Waals surface area (Å²) in [5.41, 5.74) is 7.65. The lowest BCUT2D eigenvalue weighted by atomic mass is 10.2. The third kappa shape index (κ3) is 2.34. The highest BCUT2D eigenvalue weighted by Gasteiger charge is 2.07. The number of nitrogens with two attached hydrogens (primary N) is 1. The van der Waals surface area contributed by atoms with E-state index in [-0.39, 0.29) is 0 Å². The Kier molecular flexibility index (Phi) is 3.20. The minimum atomic E-state index is -0.470. The first-order valence-electron chi connectivity index (χ1n) is 5.29. The molecule has 0 aliphatic rings. The van der Waals surface area contributed by atoms with Crippen molar-refractivity contribution in [2.45, 2.75) is 6.54 Å². The molecular weight excluding hydrogens is 216 g/mol. The molecule has 0 fully saturated rings. The van der Waals surface area contributed by atoms with Gasteiger partial charge in [-0.2, -0.15) is 5.10 Å². The summed E-state index contributed by atoms with van der Waals surface area (Å²) in [4.78, 5) is 11.0. The quantitative estimate of drug-likeness (QED) is 0.811. The molecule has 0 spiro atoms. The fourth-order valence-corrected chi connectivity index (χ4v) is 1.66. The summed E-state index contributed by atoms with van der Waals surface area (Å²) in [6.45, 7) is 0.738. The van der Waals surface area contributed by atoms with Crippen LogP contribution in [0.2, 0.25) is 0 Å². The predicted molar refractivity (Wildman–Crippen MR) is 64.8 cm³/mol. The van der Waals surface area contributed by atoms with Gasteiger partial charge in [0.25, 0.3) is 5.91 Å². The summed E-state index contributed by atoms with van der Waals surface area (Å²) >= 11 is 0. The number of primary amides is 1. The van der Waals surface area contributed by atoms with E-state index in [1.165, 1.54) is 6.20 Å². The lowest BCUT2D eigenvalue weighted by molar-refractivity contribution is 0.100. The van der Waals surface area contributed by atoms with Gasteiger partial charge in [-0.3, -0.25) is 4.79 Å². The first kappa shape index (κ1) is 11.3. The third-order valence-electron chi connectivity index (χ3n) is 2.47. The maximum Gasteiger partial charge on any atom is 0.251 e. The predicted octanol–water partition coefficient (Wildman–Crippen LogP) is 0.691. The van der Waals surface area contributed by atoms with Gasteiger partial charge < -0.3 is 11.1 Å². The Morgan fingerprint density at radius 3 is 2.88 bits per heavy atom. The molecule has 0 radical (unpaired) electrons. The lowest BCUT2D eigenvalue weighted by Gasteiger charge is -2.08. The number of benzene rings is 1. The third-order valence-corrected chi connectivity index (χ3v) is 2.47. The van der Waals surface area contributed by atoms with E-state index in [9.17, 15) is 4.79 Å². The average molecular weight is 230 g/mol. The van der Waals surface area contributed by atoms with Crippen LogP contribution in [0, 0.1) is 0 Å². The van der Waals surface area contributed by atoms with Gasteiger partial charge in [-0.1, -0.05) is 18.2 Å². The van der Waals surface area contributed by atoms with E-state index in [1.807, 2.05) is 31.3 Å². The van der Waals surface area contributed by atoms with Crippen LogP contribution in [0.25, 0.3) is 5.69 Å². The van der Waals surface area contributed by atoms with Crippen LogP contribution in [-0.4, -0.2) is 22.7 Å². The van der Waals surface area contributed by atoms with Crippen LogP contribution < -0.4 is 11.1 Å². The molecule has 0 saturated carbocycles. The normalized spacial score (nSPS) is 10.4. The van der Waals surface area contributed by atoms with E-state index in [0.29, 0.717) is 5.56 Å². The molecule has 5 heteroatoms. The van der Waals surface area contributed by atoms with Crippen molar-refractivity contribution in [3.8, 4) is 5.69 Å². The summed E-state index contributed by atoms with van der Waals surface area (Å²) < 4.78 is 1.66. The fraction of sp³-hybridized carbons (Fsp3) is 0.167. The minimum absolute atomic E-state index is 0.407. The van der Waals surface area contributed by atoms with Crippen molar-refractivity contribution in [2.75, 3.05) is 7.05 Å². The molecule has 1 aromatic carbocycles. The number of nitrogens with zero attached hydrogens (tertiary/aromatic N) is 2. The van der Waals surface area contributed by atoms with Crippen molar-refractivity contribution in [2.24, 2.45) is 5.73 Å². The van der Waals surface area contributed by atoms with Crippen LogP contribution in [0.3, 0.4) is 0 Å². The number of carbonyl (C=O) groups excluding carboxylic acids is 1. The Labute approximate surface area is 99.2 Å². The SMILES string of the molecule is CNCc1ccccc1-n1cc(C(N)=O)cn1. The van der Waals surface area contributed by atoms with Crippen LogP contribution >= 0.6 is 0 Å². The van der Waals surface area contributed by atoms with Crippen molar-refractivity contribution >= 4 is 5.91 Å². The second-order valence-electron chi connectivity index (χ2n) is 3.70. The van der Waals surface area contributed by atoms with E-state index >= 15 is 0 Å². The van der Waals surface area contributed by atoms with Gasteiger partial charge in [0.15, 0.2) is 0 Å². The second-order valence-corrected chi connectivity index (χ2v) is 3.70. The number of carbonyl (C=O) groups is 1. The summed E-state index contributed by atoms with van der Waals surface area (Å²) in [5, 5.41) is 7.23. The number of rotatable bonds is 4. The van der Waals surface area contributed by atoms with Crippen LogP contribution in [0.4, 0.5) is 0 Å². The zero-order valence-electron chi connectivity index (χ0n) is 9.55. The topological polar surface area (TPSA) is 72.9 Å². The molecule has 88 valence electrons. The van der Waals surface area contributed by atoms with E-state index in [1.54, 1.807) is 10.9 Å². The molecule has 2 rings (SSSR count). The second kappa shape index (κ2) is 4.80. The molecule has 0 saturated heterocycles. The number of hydrogen-bond acceptors (Lipinski definition) is 3. The highest BCUT2D eigenvalue weighted by atomic mass is 16.1. The zero-order chi connectivity index (χ0) is 12.3. The molecule has 5 nitrogen and oxygen atoms in total. The monoisotopic (exact) mass is 230 g/mol. The molecule has 0 atom stereocenters. The first-order valence-corrected chi connectivity index (χ1v) is 5.29. The summed E-state index contributed by atoms with van der Waals surface area (Å²) in [6, 6.07) is 7.86. The van der Waals surface area contributed by atoms with Crippen LogP contribution in [0.1, 0.15) is 15.9 Å². The number of hydrogen-bond donors (Lipinski definition) is 2. The van der Waals surface area contributed by atoms with Crippen molar-refractivity contribution in [3.63, 3.8) is 0 Å². The zero-order valence-corrected chi connectivity index (χ0v) is 9.55. The number of nitrogens with one attached hydrogen (secondary N) is 1. The van der Waals surface area contributed by atoms with E-state index < -0.39 is 5.91 Å². The van der Waals surface area contributed by atoms with E-state index in [2.05, 4.69) is 10.4 Å². The Balaban J connectivity index is 2.41. The number of aromatic nitrogens is 2. The van der Waals surface area contributed by atoms with E-state index in [0.717, 1.165) is 17.8 Å². The van der Waals surface area contributed by atoms with E-state index in [4.69, 9.17) is 5.73 Å². The summed E-state index contributed by atoms with van der Waals surface area (Å²) in [6.07, 6.45) is 3.11. The fourth-order valence-electron chi connectivity index (χ4n) is 1.66. The van der Waals surface area contributed by atoms with Crippen LogP contribution in [0.15, 0.2) is 36.7 Å². The molecule has 3 N–H and O–H groups in total. The molecule has 0 aliphatic heterocycles. The molecule has 1 aromatic heterocycles. The van der Waals surface area contributed by atoms with Gasteiger partial charge in [0.05, 0.1) is 17.4 Å². The summed E-state index contributed by atoms with van der Waals surface area (Å²) in [7, 11) is 1.88. The largest absolute Gasteiger partial charge is 0.366 e. The van der Waals surface area contributed by atoms with Gasteiger partial charge in [-0.25, -0.2) is 4.68 Å². The van der Waals surface area contributed by atoms with Crippen LogP contribution in [0.5, 0.6) is 0 Å². The smallest absolute Gasteiger partial charge is 0.251 e. The Hall–Kier alpha value is -2.14. The van der Waals surface area contributed by atoms with Gasteiger partial charge in [0.1, 0.15) is 0 Å². The average Bonchev–Trinajstić information content (AvgIpc) is 2.79. The standard InChI is InChI=1S/C12H14N4O/c1-14-6-9-4-2-3-5-11(9)16-8-10(7-15-16)12(13)17/h2-5,7-8,14H,6H2,1H3,(H2,13,17). The molecule has 0 aliphatic carbocycles. The molecule has 2 aromatic rings. The molecular formula is C12H14N4O. The van der Waals surface area contributed by atoms with Gasteiger partial charge in [0, 0.05) is 12.7 Å². The van der Waals surface area contributed by atoms with Crippen LogP contribution in [-0.2, 0) is 6.54 Å². The molecule has 1 amide bonds. The Morgan fingerprint density at radius 2 is 2.24 bits per heavy atom. The van der Waals surface area contributed by atoms with Gasteiger partial charge in [-0.05, 0) is 18.7 Å². The van der Waals surface area contributed by atoms with Gasteiger partial charge in [-0.15, -0.1) is 0 Å². The number of para-hydroxylation sites is 1. The molecule has 0 bridgehead atoms. The highest BCUT2D eigenvalue weighted by Crippen LogP contribution is 2.14. The Morgan fingerprint density at radius 1 is 1.47 bits per heavy atom. The lowest BCUT2D eigenvalue weighted by Crippen LogP contribution is -2.10. The van der Waals surface area contributed by atoms with Crippen molar-refractivity contribution in [1.82, 2.24) is 15.1 Å². The van der Waals surface area contributed by atoms with Gasteiger partial charge in [0.2, 0.25) is 0 Å². The molecule has 0 unspecified atom stereocenters. The maximum absolute atomic E-state index is 11.0. The van der Waals surface area contributed by atoms with Crippen molar-refractivity contribution < 1.29 is 4.79 Å². The van der Waals surface area contributed by atoms with Crippen molar-refractivity contribution in [3.05, 3.63) is 47.8 Å². The van der Waals surface area contributed by atoms with Crippen molar-refractivity contribution in [1.29, 1.82) is 0 Å². The highest BCUT2D eigenvalue weighted by molar-refractivity contribution is 5.92. The molecule has 17 heavy (non-hydrogen) atoms. The number of amides is 1. The first-order chi connectivity index (χ1) is 8.22. The Bertz CT molecular complexity index is 533. The summed E-state index contributed by atoms with van der Waals surface area (Å²) in [5.74, 6) is -0.470. The van der Waals surface area contributed by atoms with Gasteiger partial charge >= 0.3 is 0 Å². The minimum Gasteiger partial charge on any atom is -0.366 e. The molecule has 1 heterocycles.